The molecule has 0 rings (SSSR count). The van der Waals surface area contributed by atoms with Crippen molar-refractivity contribution in [2.75, 3.05) is 13.2 Å². The highest BCUT2D eigenvalue weighted by Gasteiger charge is 1.99. The molecule has 0 spiro atoms. The SMILES string of the molecule is CCCOC(=O)CC#CCC(=O)OCC. The lowest BCUT2D eigenvalue weighted by atomic mass is 10.3. The number of hydrogen-bond acceptors (Lipinski definition) is 4. The summed E-state index contributed by atoms with van der Waals surface area (Å²) < 4.78 is 9.44. The fraction of sp³-hybridized carbons (Fsp3) is 0.636. The van der Waals surface area contributed by atoms with E-state index in [0.717, 1.165) is 6.42 Å². The maximum atomic E-state index is 10.9. The molecule has 0 aromatic carbocycles. The molecular formula is C11H16O4. The molecule has 0 aromatic rings. The Hall–Kier alpha value is -1.50. The Kier molecular flexibility index (Phi) is 8.16. The van der Waals surface area contributed by atoms with Gasteiger partial charge >= 0.3 is 11.9 Å². The Bertz CT molecular complexity index is 259. The number of carbonyl (C=O) groups excluding carboxylic acids is 2. The Morgan fingerprint density at radius 3 is 2.00 bits per heavy atom. The van der Waals surface area contributed by atoms with Gasteiger partial charge in [0, 0.05) is 0 Å². The molecule has 0 N–H and O–H groups in total. The van der Waals surface area contributed by atoms with E-state index in [1.807, 2.05) is 6.92 Å². The van der Waals surface area contributed by atoms with Crippen LogP contribution in [-0.2, 0) is 19.1 Å². The van der Waals surface area contributed by atoms with Crippen molar-refractivity contribution in [2.24, 2.45) is 0 Å². The van der Waals surface area contributed by atoms with Crippen LogP contribution in [-0.4, -0.2) is 25.2 Å². The van der Waals surface area contributed by atoms with Crippen molar-refractivity contribution in [3.63, 3.8) is 0 Å². The first-order chi connectivity index (χ1) is 7.20. The molecule has 0 aliphatic rings. The van der Waals surface area contributed by atoms with E-state index in [9.17, 15) is 9.59 Å². The number of rotatable bonds is 5. The molecule has 0 aromatic heterocycles. The highest BCUT2D eigenvalue weighted by Crippen LogP contribution is 1.88. The minimum atomic E-state index is -0.369. The van der Waals surface area contributed by atoms with Gasteiger partial charge in [-0.2, -0.15) is 0 Å². The fourth-order valence-corrected chi connectivity index (χ4v) is 0.748. The summed E-state index contributed by atoms with van der Waals surface area (Å²) in [6.07, 6.45) is 0.844. The third-order valence-corrected chi connectivity index (χ3v) is 1.36. The molecule has 0 radical (unpaired) electrons. The molecule has 0 saturated heterocycles. The van der Waals surface area contributed by atoms with Crippen LogP contribution in [0.4, 0.5) is 0 Å². The second-order valence-corrected chi connectivity index (χ2v) is 2.73. The summed E-state index contributed by atoms with van der Waals surface area (Å²) in [5.74, 6) is 4.39. The normalized spacial score (nSPS) is 8.67. The lowest BCUT2D eigenvalue weighted by Gasteiger charge is -1.97. The van der Waals surface area contributed by atoms with E-state index in [2.05, 4.69) is 16.6 Å². The third-order valence-electron chi connectivity index (χ3n) is 1.36. The number of ether oxygens (including phenoxy) is 2. The monoisotopic (exact) mass is 212 g/mol. The van der Waals surface area contributed by atoms with Crippen molar-refractivity contribution in [1.82, 2.24) is 0 Å². The van der Waals surface area contributed by atoms with Crippen molar-refractivity contribution < 1.29 is 19.1 Å². The quantitative estimate of drug-likeness (QED) is 0.509. The smallest absolute Gasteiger partial charge is 0.317 e. The Labute approximate surface area is 89.9 Å². The number of carbonyl (C=O) groups is 2. The number of esters is 2. The van der Waals surface area contributed by atoms with Gasteiger partial charge in [-0.05, 0) is 13.3 Å². The maximum absolute atomic E-state index is 10.9. The van der Waals surface area contributed by atoms with Crippen LogP contribution in [0.25, 0.3) is 0 Å². The predicted molar refractivity (Wildman–Crippen MR) is 54.9 cm³/mol. The summed E-state index contributed by atoms with van der Waals surface area (Å²) in [7, 11) is 0. The van der Waals surface area contributed by atoms with Crippen LogP contribution in [0.1, 0.15) is 33.1 Å². The molecule has 84 valence electrons. The van der Waals surface area contributed by atoms with E-state index in [4.69, 9.17) is 4.74 Å². The summed E-state index contributed by atoms with van der Waals surface area (Å²) in [6.45, 7) is 4.41. The van der Waals surface area contributed by atoms with Gasteiger partial charge in [-0.25, -0.2) is 0 Å². The van der Waals surface area contributed by atoms with Crippen LogP contribution in [0, 0.1) is 11.8 Å². The summed E-state index contributed by atoms with van der Waals surface area (Å²) in [6, 6.07) is 0. The number of hydrogen-bond donors (Lipinski definition) is 0. The molecule has 0 bridgehead atoms. The maximum Gasteiger partial charge on any atom is 0.317 e. The standard InChI is InChI=1S/C11H16O4/c1-3-9-15-11(13)8-6-5-7-10(12)14-4-2/h3-4,7-9H2,1-2H3. The minimum Gasteiger partial charge on any atom is -0.465 e. The summed E-state index contributed by atoms with van der Waals surface area (Å²) in [4.78, 5) is 21.8. The van der Waals surface area contributed by atoms with Crippen LogP contribution in [0.3, 0.4) is 0 Å². The van der Waals surface area contributed by atoms with Crippen molar-refractivity contribution in [3.05, 3.63) is 0 Å². The Balaban J connectivity index is 3.61. The van der Waals surface area contributed by atoms with Gasteiger partial charge in [0.05, 0.1) is 13.2 Å². The van der Waals surface area contributed by atoms with E-state index in [0.29, 0.717) is 13.2 Å². The highest BCUT2D eigenvalue weighted by atomic mass is 16.5. The van der Waals surface area contributed by atoms with Gasteiger partial charge in [0.1, 0.15) is 12.8 Å². The predicted octanol–water partition coefficient (Wildman–Crippen LogP) is 1.29. The molecule has 0 saturated carbocycles. The molecular weight excluding hydrogens is 196 g/mol. The summed E-state index contributed by atoms with van der Waals surface area (Å²) in [5, 5.41) is 0. The minimum absolute atomic E-state index is 0.0227. The first-order valence-corrected chi connectivity index (χ1v) is 4.97. The van der Waals surface area contributed by atoms with Gasteiger partial charge in [0.15, 0.2) is 0 Å². The van der Waals surface area contributed by atoms with Crippen molar-refractivity contribution in [2.45, 2.75) is 33.1 Å². The average Bonchev–Trinajstić information content (AvgIpc) is 2.22. The topological polar surface area (TPSA) is 52.6 Å². The van der Waals surface area contributed by atoms with E-state index in [1.54, 1.807) is 6.92 Å². The highest BCUT2D eigenvalue weighted by molar-refractivity contribution is 5.74. The molecule has 0 heterocycles. The first-order valence-electron chi connectivity index (χ1n) is 4.97. The molecule has 0 aliphatic heterocycles. The lowest BCUT2D eigenvalue weighted by molar-refractivity contribution is -0.143. The second-order valence-electron chi connectivity index (χ2n) is 2.73. The van der Waals surface area contributed by atoms with Crippen LogP contribution < -0.4 is 0 Å². The first kappa shape index (κ1) is 13.5. The fourth-order valence-electron chi connectivity index (χ4n) is 0.748. The summed E-state index contributed by atoms with van der Waals surface area (Å²) in [5.41, 5.74) is 0. The van der Waals surface area contributed by atoms with Gasteiger partial charge in [0.2, 0.25) is 0 Å². The lowest BCUT2D eigenvalue weighted by Crippen LogP contribution is -2.04. The van der Waals surface area contributed by atoms with Gasteiger partial charge in [-0.3, -0.25) is 9.59 Å². The molecule has 0 aliphatic carbocycles. The van der Waals surface area contributed by atoms with Crippen LogP contribution >= 0.6 is 0 Å². The van der Waals surface area contributed by atoms with Crippen molar-refractivity contribution in [3.8, 4) is 11.8 Å². The Morgan fingerprint density at radius 2 is 1.53 bits per heavy atom. The molecule has 0 amide bonds. The van der Waals surface area contributed by atoms with E-state index >= 15 is 0 Å². The van der Waals surface area contributed by atoms with Crippen LogP contribution in [0.5, 0.6) is 0 Å². The Morgan fingerprint density at radius 1 is 1.00 bits per heavy atom. The molecule has 0 unspecified atom stereocenters. The van der Waals surface area contributed by atoms with Gasteiger partial charge in [-0.1, -0.05) is 18.8 Å². The summed E-state index contributed by atoms with van der Waals surface area (Å²) >= 11 is 0. The van der Waals surface area contributed by atoms with Crippen molar-refractivity contribution >= 4 is 11.9 Å². The van der Waals surface area contributed by atoms with E-state index in [-0.39, 0.29) is 24.8 Å². The molecule has 0 atom stereocenters. The zero-order valence-corrected chi connectivity index (χ0v) is 9.17. The van der Waals surface area contributed by atoms with Crippen LogP contribution in [0.15, 0.2) is 0 Å². The zero-order valence-electron chi connectivity index (χ0n) is 9.17. The molecule has 4 nitrogen and oxygen atoms in total. The average molecular weight is 212 g/mol. The van der Waals surface area contributed by atoms with E-state index in [1.165, 1.54) is 0 Å². The zero-order chi connectivity index (χ0) is 11.5. The molecule has 0 fully saturated rings. The third kappa shape index (κ3) is 8.82. The van der Waals surface area contributed by atoms with Gasteiger partial charge in [0.25, 0.3) is 0 Å². The van der Waals surface area contributed by atoms with Gasteiger partial charge < -0.3 is 9.47 Å². The largest absolute Gasteiger partial charge is 0.465 e. The second kappa shape index (κ2) is 9.07. The van der Waals surface area contributed by atoms with E-state index < -0.39 is 0 Å². The van der Waals surface area contributed by atoms with Gasteiger partial charge in [-0.15, -0.1) is 0 Å². The van der Waals surface area contributed by atoms with Crippen LogP contribution in [0.2, 0.25) is 0 Å². The molecule has 15 heavy (non-hydrogen) atoms. The van der Waals surface area contributed by atoms with Crippen molar-refractivity contribution in [1.29, 1.82) is 0 Å². The molecule has 4 heteroatoms.